The lowest BCUT2D eigenvalue weighted by Crippen LogP contribution is -2.35. The van der Waals surface area contributed by atoms with E-state index in [0.717, 1.165) is 37.0 Å². The van der Waals surface area contributed by atoms with Gasteiger partial charge in [-0.3, -0.25) is 4.90 Å². The van der Waals surface area contributed by atoms with E-state index in [0.29, 0.717) is 11.6 Å². The van der Waals surface area contributed by atoms with Gasteiger partial charge in [0.15, 0.2) is 5.65 Å². The molecule has 1 aromatic carbocycles. The summed E-state index contributed by atoms with van der Waals surface area (Å²) in [5.41, 5.74) is 1.86. The molecule has 0 atom stereocenters. The van der Waals surface area contributed by atoms with Gasteiger partial charge in [-0.05, 0) is 66.0 Å². The molecular weight excluding hydrogens is 338 g/mol. The van der Waals surface area contributed by atoms with Crippen LogP contribution < -0.4 is 5.32 Å². The third kappa shape index (κ3) is 3.88. The number of likely N-dealkylation sites (tertiary alicyclic amines) is 1. The maximum atomic E-state index is 6.26. The van der Waals surface area contributed by atoms with E-state index in [1.807, 2.05) is 30.3 Å². The lowest BCUT2D eigenvalue weighted by Gasteiger charge is -2.32. The standard InChI is InChI=1S/C17H20ClN7/c18-15-4-2-1-3-14(15)12-24-9-7-13(8-10-24)11-19-16-5-6-17-20-22-23-25(17)21-16/h1-6,13H,7-12H2,(H,19,21). The molecule has 8 heteroatoms. The Morgan fingerprint density at radius 2 is 1.96 bits per heavy atom. The van der Waals surface area contributed by atoms with Crippen molar-refractivity contribution in [3.8, 4) is 0 Å². The number of halogens is 1. The Morgan fingerprint density at radius 3 is 2.80 bits per heavy atom. The third-order valence-electron chi connectivity index (χ3n) is 4.70. The van der Waals surface area contributed by atoms with Crippen molar-refractivity contribution in [2.45, 2.75) is 19.4 Å². The number of aromatic nitrogens is 5. The number of hydrogen-bond donors (Lipinski definition) is 1. The van der Waals surface area contributed by atoms with E-state index in [2.05, 4.69) is 36.9 Å². The molecule has 0 aliphatic carbocycles. The second-order valence-corrected chi connectivity index (χ2v) is 6.84. The van der Waals surface area contributed by atoms with Gasteiger partial charge in [0.1, 0.15) is 5.82 Å². The van der Waals surface area contributed by atoms with Gasteiger partial charge in [-0.25, -0.2) is 0 Å². The van der Waals surface area contributed by atoms with Gasteiger partial charge in [-0.2, -0.15) is 0 Å². The van der Waals surface area contributed by atoms with E-state index >= 15 is 0 Å². The van der Waals surface area contributed by atoms with E-state index in [1.165, 1.54) is 23.0 Å². The van der Waals surface area contributed by atoms with E-state index in [9.17, 15) is 0 Å². The predicted molar refractivity (Wildman–Crippen MR) is 96.5 cm³/mol. The van der Waals surface area contributed by atoms with Crippen LogP contribution in [0.5, 0.6) is 0 Å². The zero-order valence-electron chi connectivity index (χ0n) is 13.8. The Kier molecular flexibility index (Phi) is 4.76. The Balaban J connectivity index is 1.26. The predicted octanol–water partition coefficient (Wildman–Crippen LogP) is 2.50. The molecule has 0 saturated carbocycles. The average Bonchev–Trinajstić information content (AvgIpc) is 3.11. The molecule has 0 amide bonds. The fourth-order valence-electron chi connectivity index (χ4n) is 3.21. The monoisotopic (exact) mass is 357 g/mol. The summed E-state index contributed by atoms with van der Waals surface area (Å²) < 4.78 is 1.44. The van der Waals surface area contributed by atoms with Crippen molar-refractivity contribution < 1.29 is 0 Å². The van der Waals surface area contributed by atoms with Crippen LogP contribution in [0.4, 0.5) is 5.82 Å². The second kappa shape index (κ2) is 7.33. The molecule has 1 N–H and O–H groups in total. The molecule has 3 heterocycles. The molecular formula is C17H20ClN7. The Labute approximate surface area is 151 Å². The van der Waals surface area contributed by atoms with Gasteiger partial charge in [-0.1, -0.05) is 29.8 Å². The number of anilines is 1. The molecule has 1 saturated heterocycles. The van der Waals surface area contributed by atoms with Gasteiger partial charge in [0.2, 0.25) is 0 Å². The molecule has 2 aromatic heterocycles. The fraction of sp³-hybridized carbons (Fsp3) is 0.412. The van der Waals surface area contributed by atoms with Crippen LogP contribution in [0.3, 0.4) is 0 Å². The van der Waals surface area contributed by atoms with E-state index in [1.54, 1.807) is 0 Å². The highest BCUT2D eigenvalue weighted by Crippen LogP contribution is 2.22. The van der Waals surface area contributed by atoms with Crippen LogP contribution in [-0.2, 0) is 6.54 Å². The molecule has 25 heavy (non-hydrogen) atoms. The lowest BCUT2D eigenvalue weighted by molar-refractivity contribution is 0.182. The molecule has 0 radical (unpaired) electrons. The molecule has 3 aromatic rings. The van der Waals surface area contributed by atoms with Crippen molar-refractivity contribution >= 4 is 23.1 Å². The van der Waals surface area contributed by atoms with Crippen LogP contribution in [0.2, 0.25) is 5.02 Å². The van der Waals surface area contributed by atoms with Crippen LogP contribution in [-0.4, -0.2) is 49.8 Å². The van der Waals surface area contributed by atoms with Gasteiger partial charge in [0.25, 0.3) is 0 Å². The normalized spacial score (nSPS) is 16.4. The molecule has 0 spiro atoms. The van der Waals surface area contributed by atoms with Gasteiger partial charge in [0, 0.05) is 18.1 Å². The number of benzene rings is 1. The zero-order chi connectivity index (χ0) is 17.1. The summed E-state index contributed by atoms with van der Waals surface area (Å²) in [6.07, 6.45) is 2.34. The van der Waals surface area contributed by atoms with Crippen molar-refractivity contribution in [3.05, 3.63) is 47.0 Å². The smallest absolute Gasteiger partial charge is 0.200 e. The summed E-state index contributed by atoms with van der Waals surface area (Å²) in [7, 11) is 0. The molecule has 130 valence electrons. The van der Waals surface area contributed by atoms with Crippen LogP contribution in [0.15, 0.2) is 36.4 Å². The Morgan fingerprint density at radius 1 is 1.12 bits per heavy atom. The minimum absolute atomic E-state index is 0.647. The zero-order valence-corrected chi connectivity index (χ0v) is 14.6. The highest BCUT2D eigenvalue weighted by molar-refractivity contribution is 6.31. The lowest BCUT2D eigenvalue weighted by atomic mass is 9.96. The van der Waals surface area contributed by atoms with Gasteiger partial charge >= 0.3 is 0 Å². The number of hydrogen-bond acceptors (Lipinski definition) is 6. The number of fused-ring (bicyclic) bond motifs is 1. The van der Waals surface area contributed by atoms with Gasteiger partial charge in [-0.15, -0.1) is 14.8 Å². The van der Waals surface area contributed by atoms with Gasteiger partial charge < -0.3 is 5.32 Å². The molecule has 4 rings (SSSR count). The van der Waals surface area contributed by atoms with Crippen LogP contribution in [0.25, 0.3) is 5.65 Å². The number of piperidine rings is 1. The Hall–Kier alpha value is -2.25. The highest BCUT2D eigenvalue weighted by Gasteiger charge is 2.19. The average molecular weight is 358 g/mol. The van der Waals surface area contributed by atoms with Crippen LogP contribution in [0, 0.1) is 5.92 Å². The quantitative estimate of drug-likeness (QED) is 0.756. The summed E-state index contributed by atoms with van der Waals surface area (Å²) in [4.78, 5) is 2.48. The first-order chi connectivity index (χ1) is 12.3. The maximum absolute atomic E-state index is 6.26. The van der Waals surface area contributed by atoms with Crippen molar-refractivity contribution in [2.24, 2.45) is 5.92 Å². The van der Waals surface area contributed by atoms with Crippen LogP contribution >= 0.6 is 11.6 Å². The third-order valence-corrected chi connectivity index (χ3v) is 5.07. The summed E-state index contributed by atoms with van der Waals surface area (Å²) in [6, 6.07) is 11.9. The summed E-state index contributed by atoms with van der Waals surface area (Å²) in [6.45, 7) is 4.03. The van der Waals surface area contributed by atoms with E-state index in [-0.39, 0.29) is 0 Å². The van der Waals surface area contributed by atoms with E-state index in [4.69, 9.17) is 11.6 Å². The highest BCUT2D eigenvalue weighted by atomic mass is 35.5. The molecule has 0 bridgehead atoms. The molecule has 0 unspecified atom stereocenters. The number of rotatable bonds is 5. The summed E-state index contributed by atoms with van der Waals surface area (Å²) in [5, 5.41) is 19.9. The largest absolute Gasteiger partial charge is 0.368 e. The molecule has 7 nitrogen and oxygen atoms in total. The van der Waals surface area contributed by atoms with E-state index < -0.39 is 0 Å². The van der Waals surface area contributed by atoms with Crippen molar-refractivity contribution in [1.29, 1.82) is 0 Å². The first-order valence-corrected chi connectivity index (χ1v) is 8.91. The van der Waals surface area contributed by atoms with Crippen molar-refractivity contribution in [2.75, 3.05) is 25.0 Å². The van der Waals surface area contributed by atoms with Crippen molar-refractivity contribution in [3.63, 3.8) is 0 Å². The Bertz CT molecular complexity index is 842. The number of nitrogens with zero attached hydrogens (tertiary/aromatic N) is 6. The molecule has 1 aliphatic rings. The minimum Gasteiger partial charge on any atom is -0.368 e. The maximum Gasteiger partial charge on any atom is 0.200 e. The SMILES string of the molecule is Clc1ccccc1CN1CCC(CNc2ccc3nnnn3n2)CC1. The van der Waals surface area contributed by atoms with Crippen molar-refractivity contribution in [1.82, 2.24) is 30.2 Å². The number of tetrazole rings is 1. The number of nitrogens with one attached hydrogen (secondary N) is 1. The molecule has 1 fully saturated rings. The fourth-order valence-corrected chi connectivity index (χ4v) is 3.40. The topological polar surface area (TPSA) is 71.2 Å². The van der Waals surface area contributed by atoms with Crippen LogP contribution in [0.1, 0.15) is 18.4 Å². The van der Waals surface area contributed by atoms with Gasteiger partial charge in [0.05, 0.1) is 0 Å². The molecule has 1 aliphatic heterocycles. The summed E-state index contributed by atoms with van der Waals surface area (Å²) in [5.74, 6) is 1.45. The minimum atomic E-state index is 0.647. The summed E-state index contributed by atoms with van der Waals surface area (Å²) >= 11 is 6.26. The second-order valence-electron chi connectivity index (χ2n) is 6.44. The first-order valence-electron chi connectivity index (χ1n) is 8.53. The first kappa shape index (κ1) is 16.2.